The fourth-order valence-electron chi connectivity index (χ4n) is 3.39. The van der Waals surface area contributed by atoms with E-state index in [2.05, 4.69) is 5.32 Å². The van der Waals surface area contributed by atoms with Gasteiger partial charge in [0.15, 0.2) is 0 Å². The number of nitrogens with zero attached hydrogens (tertiary/aromatic N) is 1. The zero-order chi connectivity index (χ0) is 14.9. The molecular formula is C16H20N2O3. The molecule has 0 unspecified atom stereocenters. The first-order valence-corrected chi connectivity index (χ1v) is 7.53. The molecule has 5 heteroatoms. The average Bonchev–Trinajstić information content (AvgIpc) is 2.96. The number of amides is 2. The lowest BCUT2D eigenvalue weighted by Crippen LogP contribution is -2.57. The molecule has 0 atom stereocenters. The van der Waals surface area contributed by atoms with Gasteiger partial charge >= 0.3 is 12.0 Å². The van der Waals surface area contributed by atoms with Crippen molar-refractivity contribution in [2.75, 3.05) is 11.4 Å². The minimum atomic E-state index is -1.08. The highest BCUT2D eigenvalue weighted by Gasteiger charge is 2.43. The Bertz CT molecular complexity index is 564. The molecule has 1 aromatic carbocycles. The zero-order valence-corrected chi connectivity index (χ0v) is 12.0. The summed E-state index contributed by atoms with van der Waals surface area (Å²) in [5.74, 6) is -0.918. The highest BCUT2D eigenvalue weighted by molar-refractivity contribution is 5.96. The fourth-order valence-corrected chi connectivity index (χ4v) is 3.39. The molecule has 1 fully saturated rings. The Morgan fingerprint density at radius 2 is 1.86 bits per heavy atom. The monoisotopic (exact) mass is 288 g/mol. The van der Waals surface area contributed by atoms with Crippen LogP contribution >= 0.6 is 0 Å². The second-order valence-corrected chi connectivity index (χ2v) is 5.91. The summed E-state index contributed by atoms with van der Waals surface area (Å²) in [6.45, 7) is 0.637. The lowest BCUT2D eigenvalue weighted by atomic mass is 9.97. The van der Waals surface area contributed by atoms with Crippen molar-refractivity contribution in [3.8, 4) is 0 Å². The Balaban J connectivity index is 1.82. The van der Waals surface area contributed by atoms with Crippen molar-refractivity contribution in [1.82, 2.24) is 5.32 Å². The Labute approximate surface area is 123 Å². The van der Waals surface area contributed by atoms with Crippen molar-refractivity contribution < 1.29 is 14.7 Å². The third-order valence-corrected chi connectivity index (χ3v) is 4.57. The van der Waals surface area contributed by atoms with Crippen molar-refractivity contribution in [3.05, 3.63) is 29.8 Å². The maximum Gasteiger partial charge on any atom is 0.329 e. The Morgan fingerprint density at radius 1 is 1.14 bits per heavy atom. The molecule has 2 N–H and O–H groups in total. The van der Waals surface area contributed by atoms with E-state index >= 15 is 0 Å². The number of rotatable bonds is 2. The number of carbonyl (C=O) groups is 2. The number of aliphatic carboxylic acids is 1. The van der Waals surface area contributed by atoms with Crippen LogP contribution in [-0.2, 0) is 11.2 Å². The predicted molar refractivity (Wildman–Crippen MR) is 79.5 cm³/mol. The SMILES string of the molecule is O=C(NC1(C(=O)O)CCCC1)N1CCCc2ccccc21. The molecule has 5 nitrogen and oxygen atoms in total. The highest BCUT2D eigenvalue weighted by atomic mass is 16.4. The van der Waals surface area contributed by atoms with Crippen molar-refractivity contribution in [2.45, 2.75) is 44.1 Å². The molecule has 0 saturated heterocycles. The van der Waals surface area contributed by atoms with Crippen LogP contribution in [0, 0.1) is 0 Å². The van der Waals surface area contributed by atoms with Gasteiger partial charge in [-0.2, -0.15) is 0 Å². The Kier molecular flexibility index (Phi) is 3.57. The third-order valence-electron chi connectivity index (χ3n) is 4.57. The maximum atomic E-state index is 12.6. The molecule has 0 bridgehead atoms. The number of aryl methyl sites for hydroxylation is 1. The van der Waals surface area contributed by atoms with E-state index in [0.717, 1.165) is 36.9 Å². The second-order valence-electron chi connectivity index (χ2n) is 5.91. The first-order valence-electron chi connectivity index (χ1n) is 7.53. The lowest BCUT2D eigenvalue weighted by Gasteiger charge is -2.33. The number of benzene rings is 1. The van der Waals surface area contributed by atoms with E-state index in [4.69, 9.17) is 0 Å². The van der Waals surface area contributed by atoms with Crippen LogP contribution in [0.2, 0.25) is 0 Å². The van der Waals surface area contributed by atoms with Gasteiger partial charge in [-0.1, -0.05) is 31.0 Å². The molecule has 112 valence electrons. The van der Waals surface area contributed by atoms with E-state index in [1.807, 2.05) is 24.3 Å². The van der Waals surface area contributed by atoms with E-state index in [1.165, 1.54) is 0 Å². The summed E-state index contributed by atoms with van der Waals surface area (Å²) >= 11 is 0. The van der Waals surface area contributed by atoms with Crippen LogP contribution in [0.1, 0.15) is 37.7 Å². The topological polar surface area (TPSA) is 69.6 Å². The lowest BCUT2D eigenvalue weighted by molar-refractivity contribution is -0.144. The largest absolute Gasteiger partial charge is 0.480 e. The smallest absolute Gasteiger partial charge is 0.329 e. The molecular weight excluding hydrogens is 268 g/mol. The number of nitrogens with one attached hydrogen (secondary N) is 1. The zero-order valence-electron chi connectivity index (χ0n) is 12.0. The average molecular weight is 288 g/mol. The first-order chi connectivity index (χ1) is 10.1. The normalized spacial score (nSPS) is 19.9. The van der Waals surface area contributed by atoms with Gasteiger partial charge in [0, 0.05) is 12.2 Å². The minimum absolute atomic E-state index is 0.286. The second kappa shape index (κ2) is 5.39. The van der Waals surface area contributed by atoms with Crippen LogP contribution in [0.15, 0.2) is 24.3 Å². The van der Waals surface area contributed by atoms with Gasteiger partial charge in [-0.05, 0) is 37.3 Å². The van der Waals surface area contributed by atoms with Crippen LogP contribution in [0.25, 0.3) is 0 Å². The van der Waals surface area contributed by atoms with Crippen LogP contribution < -0.4 is 10.2 Å². The van der Waals surface area contributed by atoms with Gasteiger partial charge in [0.1, 0.15) is 5.54 Å². The van der Waals surface area contributed by atoms with Gasteiger partial charge < -0.3 is 10.4 Å². The number of hydrogen-bond acceptors (Lipinski definition) is 2. The number of urea groups is 1. The van der Waals surface area contributed by atoms with Crippen molar-refractivity contribution in [3.63, 3.8) is 0 Å². The summed E-state index contributed by atoms with van der Waals surface area (Å²) in [5.41, 5.74) is 0.971. The molecule has 21 heavy (non-hydrogen) atoms. The van der Waals surface area contributed by atoms with Gasteiger partial charge in [0.25, 0.3) is 0 Å². The summed E-state index contributed by atoms with van der Waals surface area (Å²) in [5, 5.41) is 12.3. The summed E-state index contributed by atoms with van der Waals surface area (Å²) in [4.78, 5) is 25.8. The number of anilines is 1. The molecule has 1 heterocycles. The third kappa shape index (κ3) is 2.48. The Morgan fingerprint density at radius 3 is 2.57 bits per heavy atom. The molecule has 2 aliphatic rings. The number of carbonyl (C=O) groups excluding carboxylic acids is 1. The van der Waals surface area contributed by atoms with Crippen LogP contribution in [0.5, 0.6) is 0 Å². The van der Waals surface area contributed by atoms with E-state index < -0.39 is 11.5 Å². The van der Waals surface area contributed by atoms with Gasteiger partial charge in [0.2, 0.25) is 0 Å². The highest BCUT2D eigenvalue weighted by Crippen LogP contribution is 2.32. The fraction of sp³-hybridized carbons (Fsp3) is 0.500. The first kappa shape index (κ1) is 13.9. The summed E-state index contributed by atoms with van der Waals surface area (Å²) in [6, 6.07) is 7.54. The quantitative estimate of drug-likeness (QED) is 0.878. The van der Waals surface area contributed by atoms with Crippen LogP contribution in [0.3, 0.4) is 0 Å². The number of para-hydroxylation sites is 1. The van der Waals surface area contributed by atoms with Crippen molar-refractivity contribution >= 4 is 17.7 Å². The number of carboxylic acids is 1. The number of hydrogen-bond donors (Lipinski definition) is 2. The predicted octanol–water partition coefficient (Wildman–Crippen LogP) is 2.55. The molecule has 1 aliphatic heterocycles. The summed E-state index contributed by atoms with van der Waals surface area (Å²) < 4.78 is 0. The van der Waals surface area contributed by atoms with Gasteiger partial charge in [-0.15, -0.1) is 0 Å². The molecule has 0 spiro atoms. The van der Waals surface area contributed by atoms with Gasteiger partial charge in [-0.3, -0.25) is 4.90 Å². The molecule has 1 saturated carbocycles. The van der Waals surface area contributed by atoms with Crippen molar-refractivity contribution in [1.29, 1.82) is 0 Å². The van der Waals surface area contributed by atoms with E-state index in [-0.39, 0.29) is 6.03 Å². The minimum Gasteiger partial charge on any atom is -0.480 e. The molecule has 1 aliphatic carbocycles. The van der Waals surface area contributed by atoms with Gasteiger partial charge in [-0.25, -0.2) is 9.59 Å². The van der Waals surface area contributed by atoms with E-state index in [0.29, 0.717) is 19.4 Å². The van der Waals surface area contributed by atoms with Crippen LogP contribution in [-0.4, -0.2) is 29.2 Å². The molecule has 1 aromatic rings. The molecule has 0 aromatic heterocycles. The number of carboxylic acid groups (broad SMARTS) is 1. The number of fused-ring (bicyclic) bond motifs is 1. The summed E-state index contributed by atoms with van der Waals surface area (Å²) in [6.07, 6.45) is 4.61. The molecule has 3 rings (SSSR count). The van der Waals surface area contributed by atoms with Gasteiger partial charge in [0.05, 0.1) is 0 Å². The van der Waals surface area contributed by atoms with E-state index in [9.17, 15) is 14.7 Å². The Hall–Kier alpha value is -2.04. The molecule has 2 amide bonds. The van der Waals surface area contributed by atoms with E-state index in [1.54, 1.807) is 4.90 Å². The maximum absolute atomic E-state index is 12.6. The van der Waals surface area contributed by atoms with Crippen molar-refractivity contribution in [2.24, 2.45) is 0 Å². The standard InChI is InChI=1S/C16H20N2O3/c19-14(20)16(9-3-4-10-16)17-15(21)18-11-5-7-12-6-1-2-8-13(12)18/h1-2,6,8H,3-5,7,9-11H2,(H,17,21)(H,19,20). The molecule has 0 radical (unpaired) electrons. The summed E-state index contributed by atoms with van der Waals surface area (Å²) in [7, 11) is 0. The van der Waals surface area contributed by atoms with Crippen LogP contribution in [0.4, 0.5) is 10.5 Å².